The average Bonchev–Trinajstić information content (AvgIpc) is 3.65. The molecule has 6 aromatic rings. The van der Waals surface area contributed by atoms with Gasteiger partial charge in [0.25, 0.3) is 0 Å². The van der Waals surface area contributed by atoms with E-state index in [2.05, 4.69) is 9.97 Å². The molecular formula is C35H30N2O6. The fraction of sp³-hybridized carbons (Fsp3) is 0.143. The van der Waals surface area contributed by atoms with Gasteiger partial charge in [-0.2, -0.15) is 0 Å². The molecule has 2 heterocycles. The van der Waals surface area contributed by atoms with E-state index in [1.165, 1.54) is 0 Å². The summed E-state index contributed by atoms with van der Waals surface area (Å²) >= 11 is 0. The van der Waals surface area contributed by atoms with Crippen molar-refractivity contribution in [2.24, 2.45) is 0 Å². The Bertz CT molecular complexity index is 1830. The number of nitrogens with one attached hydrogen (secondary N) is 2. The van der Waals surface area contributed by atoms with Crippen molar-refractivity contribution in [3.63, 3.8) is 0 Å². The maximum absolute atomic E-state index is 12.4. The number of rotatable bonds is 10. The Kier molecular flexibility index (Phi) is 7.34. The van der Waals surface area contributed by atoms with Crippen LogP contribution in [0.15, 0.2) is 72.8 Å². The van der Waals surface area contributed by atoms with E-state index < -0.39 is 0 Å². The number of methoxy groups -OCH3 is 4. The summed E-state index contributed by atoms with van der Waals surface area (Å²) in [6, 6.07) is 23.1. The molecule has 2 aromatic heterocycles. The predicted octanol–water partition coefficient (Wildman–Crippen LogP) is 7.23. The van der Waals surface area contributed by atoms with Crippen LogP contribution in [0.3, 0.4) is 0 Å². The van der Waals surface area contributed by atoms with Crippen LogP contribution in [-0.4, -0.2) is 51.0 Å². The number of ether oxygens (including phenoxy) is 4. The third kappa shape index (κ3) is 4.48. The maximum Gasteiger partial charge on any atom is 0.166 e. The Morgan fingerprint density at radius 2 is 0.930 bits per heavy atom. The first-order valence-electron chi connectivity index (χ1n) is 13.7. The van der Waals surface area contributed by atoms with Crippen molar-refractivity contribution < 1.29 is 28.5 Å². The second-order valence-electron chi connectivity index (χ2n) is 9.99. The van der Waals surface area contributed by atoms with Crippen molar-refractivity contribution in [3.8, 4) is 45.3 Å². The van der Waals surface area contributed by atoms with Crippen LogP contribution in [0, 0.1) is 0 Å². The number of hydrogen-bond acceptors (Lipinski definition) is 6. The Morgan fingerprint density at radius 1 is 0.558 bits per heavy atom. The first-order chi connectivity index (χ1) is 21.1. The predicted molar refractivity (Wildman–Crippen MR) is 167 cm³/mol. The van der Waals surface area contributed by atoms with E-state index in [9.17, 15) is 9.59 Å². The van der Waals surface area contributed by atoms with Gasteiger partial charge in [0.1, 0.15) is 23.0 Å². The number of aromatic nitrogens is 2. The van der Waals surface area contributed by atoms with Crippen molar-refractivity contribution in [1.29, 1.82) is 0 Å². The number of benzene rings is 4. The molecule has 0 aliphatic rings. The highest BCUT2D eigenvalue weighted by Crippen LogP contribution is 2.47. The zero-order chi connectivity index (χ0) is 30.1. The Hall–Kier alpha value is -5.50. The molecule has 0 aliphatic carbocycles. The van der Waals surface area contributed by atoms with E-state index >= 15 is 0 Å². The molecule has 0 unspecified atom stereocenters. The van der Waals surface area contributed by atoms with Gasteiger partial charge in [-0.3, -0.25) is 9.59 Å². The van der Waals surface area contributed by atoms with Gasteiger partial charge < -0.3 is 28.9 Å². The van der Waals surface area contributed by atoms with Crippen LogP contribution in [0.5, 0.6) is 23.0 Å². The minimum absolute atomic E-state index is 0.327. The summed E-state index contributed by atoms with van der Waals surface area (Å²) in [6.07, 6.45) is 1.96. The molecule has 6 rings (SSSR count). The summed E-state index contributed by atoms with van der Waals surface area (Å²) < 4.78 is 23.4. The Labute approximate surface area is 248 Å². The first kappa shape index (κ1) is 27.7. The molecule has 4 aromatic carbocycles. The van der Waals surface area contributed by atoms with E-state index in [4.69, 9.17) is 18.9 Å². The zero-order valence-corrected chi connectivity index (χ0v) is 24.2. The van der Waals surface area contributed by atoms with E-state index in [0.717, 1.165) is 56.7 Å². The van der Waals surface area contributed by atoms with E-state index in [-0.39, 0.29) is 0 Å². The molecule has 2 N–H and O–H groups in total. The smallest absolute Gasteiger partial charge is 0.166 e. The van der Waals surface area contributed by atoms with Crippen LogP contribution in [0.25, 0.3) is 44.1 Å². The fourth-order valence-electron chi connectivity index (χ4n) is 5.99. The van der Waals surface area contributed by atoms with Gasteiger partial charge in [-0.15, -0.1) is 0 Å². The molecule has 0 saturated heterocycles. The molecule has 0 spiro atoms. The normalized spacial score (nSPS) is 11.1. The van der Waals surface area contributed by atoms with E-state index in [0.29, 0.717) is 51.8 Å². The molecule has 216 valence electrons. The lowest BCUT2D eigenvalue weighted by atomic mass is 9.94. The lowest BCUT2D eigenvalue weighted by molar-refractivity contribution is 0.111. The molecule has 0 amide bonds. The highest BCUT2D eigenvalue weighted by molar-refractivity contribution is 6.11. The number of carbonyl (C=O) groups excluding carboxylic acids is 2. The second kappa shape index (κ2) is 11.4. The number of aldehydes is 2. The third-order valence-corrected chi connectivity index (χ3v) is 7.87. The van der Waals surface area contributed by atoms with Crippen LogP contribution in [0.2, 0.25) is 0 Å². The van der Waals surface area contributed by atoms with E-state index in [1.54, 1.807) is 28.4 Å². The quantitative estimate of drug-likeness (QED) is 0.167. The minimum Gasteiger partial charge on any atom is -0.496 e. The summed E-state index contributed by atoms with van der Waals surface area (Å²) in [5.41, 5.74) is 7.08. The monoisotopic (exact) mass is 574 g/mol. The highest BCUT2D eigenvalue weighted by Gasteiger charge is 2.27. The number of H-pyrrole nitrogens is 2. The van der Waals surface area contributed by atoms with Crippen LogP contribution >= 0.6 is 0 Å². The standard InChI is InChI=1S/C35H30N2O6/c1-40-26-16-28(42-3)32-30(20-11-7-5-8-12-20)24(18-38)36-34(32)22(26)15-23-27(41-2)17-29(43-4)33-31(21-13-9-6-10-14-21)25(19-39)37-35(23)33/h5-14,16-19,36-37H,15H2,1-4H3. The van der Waals surface area contributed by atoms with Crippen LogP contribution in [0.1, 0.15) is 32.1 Å². The van der Waals surface area contributed by atoms with Crippen LogP contribution < -0.4 is 18.9 Å². The van der Waals surface area contributed by atoms with Crippen LogP contribution in [-0.2, 0) is 6.42 Å². The molecule has 8 heteroatoms. The maximum atomic E-state index is 12.4. The molecule has 0 radical (unpaired) electrons. The van der Waals surface area contributed by atoms with Gasteiger partial charge in [0.15, 0.2) is 12.6 Å². The Morgan fingerprint density at radius 3 is 1.26 bits per heavy atom. The molecule has 8 nitrogen and oxygen atoms in total. The summed E-state index contributed by atoms with van der Waals surface area (Å²) in [5.74, 6) is 2.28. The van der Waals surface area contributed by atoms with Crippen molar-refractivity contribution in [2.45, 2.75) is 6.42 Å². The molecular weight excluding hydrogens is 544 g/mol. The van der Waals surface area contributed by atoms with Crippen molar-refractivity contribution in [2.75, 3.05) is 28.4 Å². The van der Waals surface area contributed by atoms with Gasteiger partial charge in [0, 0.05) is 40.8 Å². The second-order valence-corrected chi connectivity index (χ2v) is 9.99. The van der Waals surface area contributed by atoms with Crippen molar-refractivity contribution in [3.05, 3.63) is 95.3 Å². The minimum atomic E-state index is 0.327. The van der Waals surface area contributed by atoms with Gasteiger partial charge in [-0.05, 0) is 11.1 Å². The zero-order valence-electron chi connectivity index (χ0n) is 24.2. The van der Waals surface area contributed by atoms with Gasteiger partial charge in [-0.25, -0.2) is 0 Å². The lowest BCUT2D eigenvalue weighted by Crippen LogP contribution is -2.01. The Balaban J connectivity index is 1.68. The van der Waals surface area contributed by atoms with E-state index in [1.807, 2.05) is 72.8 Å². The number of hydrogen-bond donors (Lipinski definition) is 2. The summed E-state index contributed by atoms with van der Waals surface area (Å²) in [6.45, 7) is 0. The fourth-order valence-corrected chi connectivity index (χ4v) is 5.99. The average molecular weight is 575 g/mol. The lowest BCUT2D eigenvalue weighted by Gasteiger charge is -2.17. The molecule has 0 saturated carbocycles. The number of fused-ring (bicyclic) bond motifs is 2. The number of carbonyl (C=O) groups is 2. The van der Waals surface area contributed by atoms with Gasteiger partial charge in [-0.1, -0.05) is 60.7 Å². The topological polar surface area (TPSA) is 103 Å². The molecule has 43 heavy (non-hydrogen) atoms. The largest absolute Gasteiger partial charge is 0.496 e. The molecule has 0 bridgehead atoms. The molecule has 0 atom stereocenters. The van der Waals surface area contributed by atoms with Crippen LogP contribution in [0.4, 0.5) is 0 Å². The summed E-state index contributed by atoms with van der Waals surface area (Å²) in [7, 11) is 6.38. The van der Waals surface area contributed by atoms with Crippen molar-refractivity contribution >= 4 is 34.4 Å². The third-order valence-electron chi connectivity index (χ3n) is 7.87. The molecule has 0 fully saturated rings. The van der Waals surface area contributed by atoms with Crippen molar-refractivity contribution in [1.82, 2.24) is 9.97 Å². The van der Waals surface area contributed by atoms with Gasteiger partial charge in [0.05, 0.1) is 61.6 Å². The van der Waals surface area contributed by atoms with Gasteiger partial charge >= 0.3 is 0 Å². The summed E-state index contributed by atoms with van der Waals surface area (Å²) in [5, 5.41) is 1.53. The molecule has 0 aliphatic heterocycles. The highest BCUT2D eigenvalue weighted by atomic mass is 16.5. The summed E-state index contributed by atoms with van der Waals surface area (Å²) in [4.78, 5) is 31.4. The van der Waals surface area contributed by atoms with Gasteiger partial charge in [0.2, 0.25) is 0 Å². The first-order valence-corrected chi connectivity index (χ1v) is 13.7. The number of aromatic amines is 2. The SMILES string of the molecule is COc1cc(OC)c2c(-c3ccccc3)c(C=O)[nH]c2c1Cc1c(OC)cc(OC)c2c(-c3ccccc3)c(C=O)[nH]c12.